The van der Waals surface area contributed by atoms with Crippen LogP contribution >= 0.6 is 0 Å². The second kappa shape index (κ2) is 8.03. The first-order chi connectivity index (χ1) is 13.0. The fourth-order valence-electron chi connectivity index (χ4n) is 3.21. The van der Waals surface area contributed by atoms with E-state index in [0.29, 0.717) is 18.4 Å². The highest BCUT2D eigenvalue weighted by Gasteiger charge is 2.31. The normalized spacial score (nSPS) is 17.1. The van der Waals surface area contributed by atoms with Crippen molar-refractivity contribution in [2.75, 3.05) is 5.32 Å². The van der Waals surface area contributed by atoms with Gasteiger partial charge in [-0.25, -0.2) is 0 Å². The molecule has 2 aromatic rings. The van der Waals surface area contributed by atoms with Crippen LogP contribution in [0.5, 0.6) is 0 Å². The van der Waals surface area contributed by atoms with Crippen LogP contribution in [0.4, 0.5) is 5.69 Å². The lowest BCUT2D eigenvalue weighted by atomic mass is 10.0. The summed E-state index contributed by atoms with van der Waals surface area (Å²) in [6.07, 6.45) is 0.757. The molecule has 3 rings (SSSR count). The molecule has 2 atom stereocenters. The molecule has 2 unspecified atom stereocenters. The van der Waals surface area contributed by atoms with Crippen molar-refractivity contribution in [1.29, 1.82) is 0 Å². The van der Waals surface area contributed by atoms with Crippen LogP contribution in [-0.2, 0) is 14.4 Å². The molecule has 1 saturated heterocycles. The van der Waals surface area contributed by atoms with Gasteiger partial charge in [0.1, 0.15) is 12.1 Å². The number of para-hydroxylation sites is 1. The Morgan fingerprint density at radius 1 is 1.04 bits per heavy atom. The maximum absolute atomic E-state index is 13.0. The van der Waals surface area contributed by atoms with E-state index < -0.39 is 12.1 Å². The fourth-order valence-corrected chi connectivity index (χ4v) is 3.21. The quantitative estimate of drug-likeness (QED) is 0.760. The third-order valence-corrected chi connectivity index (χ3v) is 4.72. The van der Waals surface area contributed by atoms with Crippen LogP contribution in [0.15, 0.2) is 48.5 Å². The Hall–Kier alpha value is -3.15. The summed E-state index contributed by atoms with van der Waals surface area (Å²) < 4.78 is 0. The molecule has 27 heavy (non-hydrogen) atoms. The molecule has 0 radical (unpaired) electrons. The number of aryl methyl sites for hydroxylation is 2. The van der Waals surface area contributed by atoms with Gasteiger partial charge in [-0.15, -0.1) is 0 Å². The summed E-state index contributed by atoms with van der Waals surface area (Å²) >= 11 is 0. The van der Waals surface area contributed by atoms with Gasteiger partial charge >= 0.3 is 0 Å². The highest BCUT2D eigenvalue weighted by atomic mass is 16.2. The topological polar surface area (TPSA) is 87.3 Å². The molecule has 0 spiro atoms. The zero-order valence-corrected chi connectivity index (χ0v) is 15.4. The molecule has 1 fully saturated rings. The number of anilines is 1. The number of benzene rings is 2. The van der Waals surface area contributed by atoms with E-state index in [1.165, 1.54) is 0 Å². The van der Waals surface area contributed by atoms with Crippen LogP contribution in [-0.4, -0.2) is 23.8 Å². The summed E-state index contributed by atoms with van der Waals surface area (Å²) in [6.45, 7) is 3.85. The first-order valence-electron chi connectivity index (χ1n) is 8.97. The van der Waals surface area contributed by atoms with Crippen molar-refractivity contribution in [2.45, 2.75) is 38.8 Å². The van der Waals surface area contributed by atoms with E-state index >= 15 is 0 Å². The van der Waals surface area contributed by atoms with Crippen molar-refractivity contribution in [2.24, 2.45) is 0 Å². The number of carbonyl (C=O) groups is 3. The van der Waals surface area contributed by atoms with Gasteiger partial charge in [0.05, 0.1) is 0 Å². The molecule has 6 heteroatoms. The Morgan fingerprint density at radius 3 is 2.30 bits per heavy atom. The maximum Gasteiger partial charge on any atom is 0.251 e. The van der Waals surface area contributed by atoms with Crippen LogP contribution in [0.25, 0.3) is 0 Å². The number of nitrogens with one attached hydrogen (secondary N) is 3. The first kappa shape index (κ1) is 18.6. The van der Waals surface area contributed by atoms with Crippen LogP contribution in [0.3, 0.4) is 0 Å². The van der Waals surface area contributed by atoms with E-state index in [-0.39, 0.29) is 17.7 Å². The standard InChI is InChI=1S/C21H23N3O3/c1-13-7-6-8-14(2)18(13)23-21(27)19(15-9-4-3-5-10-15)24-20(26)16-11-12-17(25)22-16/h3-10,16,19H,11-12H2,1-2H3,(H,22,25)(H,23,27)(H,24,26). The van der Waals surface area contributed by atoms with Gasteiger partial charge in [0.25, 0.3) is 5.91 Å². The number of amides is 3. The molecule has 1 heterocycles. The van der Waals surface area contributed by atoms with Crippen LogP contribution in [0.1, 0.15) is 35.6 Å². The van der Waals surface area contributed by atoms with E-state index in [1.807, 2.05) is 50.2 Å². The predicted octanol–water partition coefficient (Wildman–Crippen LogP) is 2.38. The summed E-state index contributed by atoms with van der Waals surface area (Å²) in [7, 11) is 0. The number of hydrogen-bond donors (Lipinski definition) is 3. The van der Waals surface area contributed by atoms with E-state index in [4.69, 9.17) is 0 Å². The van der Waals surface area contributed by atoms with Crippen LogP contribution in [0.2, 0.25) is 0 Å². The van der Waals surface area contributed by atoms with Crippen molar-refractivity contribution in [3.63, 3.8) is 0 Å². The Kier molecular flexibility index (Phi) is 5.54. The van der Waals surface area contributed by atoms with Gasteiger partial charge in [0, 0.05) is 12.1 Å². The SMILES string of the molecule is Cc1cccc(C)c1NC(=O)C(NC(=O)C1CCC(=O)N1)c1ccccc1. The summed E-state index contributed by atoms with van der Waals surface area (Å²) in [5.41, 5.74) is 3.32. The zero-order valence-electron chi connectivity index (χ0n) is 15.4. The van der Waals surface area contributed by atoms with Crippen LogP contribution in [0, 0.1) is 13.8 Å². The molecular weight excluding hydrogens is 342 g/mol. The Labute approximate surface area is 158 Å². The third kappa shape index (κ3) is 4.34. The number of hydrogen-bond acceptors (Lipinski definition) is 3. The Morgan fingerprint density at radius 2 is 1.70 bits per heavy atom. The lowest BCUT2D eigenvalue weighted by Gasteiger charge is -2.22. The minimum absolute atomic E-state index is 0.147. The zero-order chi connectivity index (χ0) is 19.4. The second-order valence-corrected chi connectivity index (χ2v) is 6.77. The van der Waals surface area contributed by atoms with Crippen molar-refractivity contribution < 1.29 is 14.4 Å². The molecule has 0 aromatic heterocycles. The van der Waals surface area contributed by atoms with Gasteiger partial charge in [-0.3, -0.25) is 14.4 Å². The van der Waals surface area contributed by atoms with E-state index in [0.717, 1.165) is 16.8 Å². The summed E-state index contributed by atoms with van der Waals surface area (Å²) in [5.74, 6) is -0.825. The van der Waals surface area contributed by atoms with Crippen molar-refractivity contribution >= 4 is 23.4 Å². The predicted molar refractivity (Wildman–Crippen MR) is 103 cm³/mol. The average Bonchev–Trinajstić information content (AvgIpc) is 3.10. The summed E-state index contributed by atoms with van der Waals surface area (Å²) in [6, 6.07) is 13.4. The maximum atomic E-state index is 13.0. The van der Waals surface area contributed by atoms with Crippen LogP contribution < -0.4 is 16.0 Å². The molecular formula is C21H23N3O3. The minimum atomic E-state index is -0.852. The summed E-state index contributed by atoms with van der Waals surface area (Å²) in [4.78, 5) is 37.0. The van der Waals surface area contributed by atoms with Gasteiger partial charge in [0.15, 0.2) is 0 Å². The smallest absolute Gasteiger partial charge is 0.251 e. The van der Waals surface area contributed by atoms with Gasteiger partial charge in [-0.05, 0) is 37.0 Å². The minimum Gasteiger partial charge on any atom is -0.344 e. The number of carbonyl (C=O) groups excluding carboxylic acids is 3. The van der Waals surface area contributed by atoms with Crippen molar-refractivity contribution in [1.82, 2.24) is 10.6 Å². The summed E-state index contributed by atoms with van der Waals surface area (Å²) in [5, 5.41) is 8.36. The second-order valence-electron chi connectivity index (χ2n) is 6.77. The van der Waals surface area contributed by atoms with Crippen molar-refractivity contribution in [3.05, 3.63) is 65.2 Å². The fraction of sp³-hybridized carbons (Fsp3) is 0.286. The first-order valence-corrected chi connectivity index (χ1v) is 8.97. The highest BCUT2D eigenvalue weighted by molar-refractivity contribution is 6.00. The molecule has 140 valence electrons. The van der Waals surface area contributed by atoms with Gasteiger partial charge in [-0.1, -0.05) is 48.5 Å². The molecule has 0 bridgehead atoms. The molecule has 6 nitrogen and oxygen atoms in total. The molecule has 0 saturated carbocycles. The lowest BCUT2D eigenvalue weighted by molar-refractivity contribution is -0.128. The Bertz CT molecular complexity index is 844. The Balaban J connectivity index is 1.82. The number of rotatable bonds is 5. The van der Waals surface area contributed by atoms with E-state index in [9.17, 15) is 14.4 Å². The van der Waals surface area contributed by atoms with Gasteiger partial charge in [0.2, 0.25) is 11.8 Å². The highest BCUT2D eigenvalue weighted by Crippen LogP contribution is 2.22. The molecule has 1 aliphatic rings. The van der Waals surface area contributed by atoms with Gasteiger partial charge in [-0.2, -0.15) is 0 Å². The lowest BCUT2D eigenvalue weighted by Crippen LogP contribution is -2.46. The van der Waals surface area contributed by atoms with Crippen molar-refractivity contribution in [3.8, 4) is 0 Å². The molecule has 0 aliphatic carbocycles. The van der Waals surface area contributed by atoms with E-state index in [2.05, 4.69) is 16.0 Å². The molecule has 2 aromatic carbocycles. The largest absolute Gasteiger partial charge is 0.344 e. The molecule has 3 N–H and O–H groups in total. The molecule has 1 aliphatic heterocycles. The molecule has 3 amide bonds. The van der Waals surface area contributed by atoms with Gasteiger partial charge < -0.3 is 16.0 Å². The average molecular weight is 365 g/mol. The monoisotopic (exact) mass is 365 g/mol. The van der Waals surface area contributed by atoms with E-state index in [1.54, 1.807) is 12.1 Å². The third-order valence-electron chi connectivity index (χ3n) is 4.72.